The molecule has 0 radical (unpaired) electrons. The number of anilines is 4. The summed E-state index contributed by atoms with van der Waals surface area (Å²) in [5.41, 5.74) is 13.4. The Hall–Kier alpha value is -3.22. The minimum absolute atomic E-state index is 0.344. The van der Waals surface area contributed by atoms with E-state index >= 15 is 0 Å². The molecule has 0 fully saturated rings. The first-order valence-corrected chi connectivity index (χ1v) is 6.41. The van der Waals surface area contributed by atoms with Crippen LogP contribution in [-0.4, -0.2) is 19.1 Å². The van der Waals surface area contributed by atoms with E-state index in [1.165, 1.54) is 13.2 Å². The van der Waals surface area contributed by atoms with Gasteiger partial charge in [0.05, 0.1) is 24.0 Å². The predicted molar refractivity (Wildman–Crippen MR) is 85.7 cm³/mol. The van der Waals surface area contributed by atoms with E-state index in [-0.39, 0.29) is 0 Å². The van der Waals surface area contributed by atoms with Gasteiger partial charge >= 0.3 is 12.0 Å². The lowest BCUT2D eigenvalue weighted by Crippen LogP contribution is -2.19. The number of hydrogen-bond donors (Lipinski definition) is 4. The fraction of sp³-hybridized carbons (Fsp3) is 0.0667. The first kappa shape index (κ1) is 15.2. The molecule has 0 aliphatic heterocycles. The molecular formula is C15H16N4O3. The van der Waals surface area contributed by atoms with Crippen LogP contribution in [0.5, 0.6) is 0 Å². The maximum absolute atomic E-state index is 11.9. The average Bonchev–Trinajstić information content (AvgIpc) is 2.50. The zero-order chi connectivity index (χ0) is 16.1. The Bertz CT molecular complexity index is 716. The molecule has 2 aromatic carbocycles. The fourth-order valence-corrected chi connectivity index (χ4v) is 1.79. The minimum Gasteiger partial charge on any atom is -0.465 e. The summed E-state index contributed by atoms with van der Waals surface area (Å²) in [6, 6.07) is 10.7. The van der Waals surface area contributed by atoms with Crippen LogP contribution in [0.1, 0.15) is 10.4 Å². The van der Waals surface area contributed by atoms with Crippen molar-refractivity contribution in [3.8, 4) is 0 Å². The molecule has 0 aliphatic carbocycles. The maximum atomic E-state index is 11.9. The number of urea groups is 1. The lowest BCUT2D eigenvalue weighted by Gasteiger charge is -2.09. The van der Waals surface area contributed by atoms with E-state index in [4.69, 9.17) is 11.5 Å². The van der Waals surface area contributed by atoms with Crippen molar-refractivity contribution >= 4 is 34.7 Å². The third-order valence-corrected chi connectivity index (χ3v) is 2.89. The van der Waals surface area contributed by atoms with Crippen LogP contribution in [0.25, 0.3) is 0 Å². The summed E-state index contributed by atoms with van der Waals surface area (Å²) < 4.78 is 4.62. The summed E-state index contributed by atoms with van der Waals surface area (Å²) in [5, 5.41) is 5.23. The number of methoxy groups -OCH3 is 1. The Morgan fingerprint density at radius 2 is 1.64 bits per heavy atom. The van der Waals surface area contributed by atoms with Crippen molar-refractivity contribution in [2.75, 3.05) is 29.2 Å². The van der Waals surface area contributed by atoms with Gasteiger partial charge in [0.25, 0.3) is 0 Å². The van der Waals surface area contributed by atoms with Crippen molar-refractivity contribution in [3.63, 3.8) is 0 Å². The number of benzene rings is 2. The van der Waals surface area contributed by atoms with Crippen LogP contribution in [0.2, 0.25) is 0 Å². The highest BCUT2D eigenvalue weighted by Crippen LogP contribution is 2.20. The summed E-state index contributed by atoms with van der Waals surface area (Å²) >= 11 is 0. The highest BCUT2D eigenvalue weighted by molar-refractivity contribution is 6.01. The fourth-order valence-electron chi connectivity index (χ4n) is 1.79. The molecule has 2 aromatic rings. The van der Waals surface area contributed by atoms with Crippen molar-refractivity contribution in [3.05, 3.63) is 48.0 Å². The molecule has 22 heavy (non-hydrogen) atoms. The molecule has 6 N–H and O–H groups in total. The Balaban J connectivity index is 2.05. The third kappa shape index (κ3) is 3.66. The molecular weight excluding hydrogens is 284 g/mol. The summed E-state index contributed by atoms with van der Waals surface area (Å²) in [4.78, 5) is 23.4. The van der Waals surface area contributed by atoms with Crippen LogP contribution in [0, 0.1) is 0 Å². The number of esters is 1. The topological polar surface area (TPSA) is 119 Å². The van der Waals surface area contributed by atoms with Crippen molar-refractivity contribution in [1.29, 1.82) is 0 Å². The maximum Gasteiger partial charge on any atom is 0.337 e. The summed E-state index contributed by atoms with van der Waals surface area (Å²) in [5.74, 6) is -0.477. The molecule has 0 atom stereocenters. The number of nitrogens with two attached hydrogens (primary N) is 2. The quantitative estimate of drug-likeness (QED) is 0.512. The first-order valence-electron chi connectivity index (χ1n) is 6.41. The van der Waals surface area contributed by atoms with Gasteiger partial charge in [0.15, 0.2) is 0 Å². The summed E-state index contributed by atoms with van der Waals surface area (Å²) in [6.45, 7) is 0. The smallest absolute Gasteiger partial charge is 0.337 e. The van der Waals surface area contributed by atoms with Gasteiger partial charge in [-0.25, -0.2) is 9.59 Å². The zero-order valence-electron chi connectivity index (χ0n) is 11.9. The van der Waals surface area contributed by atoms with Crippen molar-refractivity contribution < 1.29 is 14.3 Å². The highest BCUT2D eigenvalue weighted by Gasteiger charge is 2.08. The van der Waals surface area contributed by atoms with Gasteiger partial charge in [-0.1, -0.05) is 6.07 Å². The lowest BCUT2D eigenvalue weighted by atomic mass is 10.2. The van der Waals surface area contributed by atoms with E-state index in [1.54, 1.807) is 36.4 Å². The van der Waals surface area contributed by atoms with E-state index in [2.05, 4.69) is 15.4 Å². The zero-order valence-corrected chi connectivity index (χ0v) is 11.9. The molecule has 114 valence electrons. The van der Waals surface area contributed by atoms with Gasteiger partial charge in [0.1, 0.15) is 0 Å². The van der Waals surface area contributed by atoms with Gasteiger partial charge in [-0.15, -0.1) is 0 Å². The molecule has 0 aromatic heterocycles. The number of ether oxygens (including phenoxy) is 1. The molecule has 0 heterocycles. The van der Waals surface area contributed by atoms with Crippen molar-refractivity contribution in [2.24, 2.45) is 0 Å². The number of carbonyl (C=O) groups is 2. The molecule has 2 amide bonds. The Morgan fingerprint density at radius 3 is 2.27 bits per heavy atom. The van der Waals surface area contributed by atoms with Gasteiger partial charge in [-0.2, -0.15) is 0 Å². The molecule has 2 rings (SSSR count). The van der Waals surface area contributed by atoms with Crippen LogP contribution in [-0.2, 0) is 4.74 Å². The SMILES string of the molecule is COC(=O)c1cccc(NC(=O)Nc2ccc(N)c(N)c2)c1. The molecule has 0 aliphatic rings. The van der Waals surface area contributed by atoms with E-state index in [0.29, 0.717) is 28.3 Å². The van der Waals surface area contributed by atoms with E-state index in [9.17, 15) is 9.59 Å². The van der Waals surface area contributed by atoms with E-state index in [0.717, 1.165) is 0 Å². The highest BCUT2D eigenvalue weighted by atomic mass is 16.5. The number of nitrogen functional groups attached to an aromatic ring is 2. The largest absolute Gasteiger partial charge is 0.465 e. The average molecular weight is 300 g/mol. The van der Waals surface area contributed by atoms with Gasteiger partial charge in [-0.05, 0) is 36.4 Å². The minimum atomic E-state index is -0.477. The Kier molecular flexibility index (Phi) is 4.47. The molecule has 0 unspecified atom stereocenters. The second-order valence-electron chi connectivity index (χ2n) is 4.50. The molecule has 7 heteroatoms. The van der Waals surface area contributed by atoms with Crippen molar-refractivity contribution in [1.82, 2.24) is 0 Å². The standard InChI is InChI=1S/C15H16N4O3/c1-22-14(20)9-3-2-4-10(7-9)18-15(21)19-11-5-6-12(16)13(17)8-11/h2-8H,16-17H2,1H3,(H2,18,19,21). The van der Waals surface area contributed by atoms with Crippen molar-refractivity contribution in [2.45, 2.75) is 0 Å². The third-order valence-electron chi connectivity index (χ3n) is 2.89. The number of nitrogens with one attached hydrogen (secondary N) is 2. The normalized spacial score (nSPS) is 9.86. The van der Waals surface area contributed by atoms with Gasteiger partial charge < -0.3 is 26.8 Å². The van der Waals surface area contributed by atoms with E-state index in [1.807, 2.05) is 0 Å². The number of rotatable bonds is 3. The number of carbonyl (C=O) groups excluding carboxylic acids is 2. The molecule has 0 spiro atoms. The molecule has 0 saturated carbocycles. The summed E-state index contributed by atoms with van der Waals surface area (Å²) in [7, 11) is 1.29. The van der Waals surface area contributed by atoms with Gasteiger partial charge in [0, 0.05) is 11.4 Å². The van der Waals surface area contributed by atoms with Crippen LogP contribution in [0.15, 0.2) is 42.5 Å². The first-order chi connectivity index (χ1) is 10.5. The van der Waals surface area contributed by atoms with Gasteiger partial charge in [0.2, 0.25) is 0 Å². The monoisotopic (exact) mass is 300 g/mol. The second-order valence-corrected chi connectivity index (χ2v) is 4.50. The number of amides is 2. The van der Waals surface area contributed by atoms with Crippen LogP contribution < -0.4 is 22.1 Å². The second kappa shape index (κ2) is 6.49. The van der Waals surface area contributed by atoms with E-state index < -0.39 is 12.0 Å². The lowest BCUT2D eigenvalue weighted by molar-refractivity contribution is 0.0600. The summed E-state index contributed by atoms with van der Waals surface area (Å²) in [6.07, 6.45) is 0. The van der Waals surface area contributed by atoms with Crippen LogP contribution in [0.3, 0.4) is 0 Å². The predicted octanol–water partition coefficient (Wildman–Crippen LogP) is 2.28. The molecule has 0 bridgehead atoms. The Morgan fingerprint density at radius 1 is 0.955 bits per heavy atom. The number of hydrogen-bond acceptors (Lipinski definition) is 5. The van der Waals surface area contributed by atoms with Crippen LogP contribution >= 0.6 is 0 Å². The van der Waals surface area contributed by atoms with Crippen LogP contribution in [0.4, 0.5) is 27.5 Å². The molecule has 7 nitrogen and oxygen atoms in total. The van der Waals surface area contributed by atoms with Gasteiger partial charge in [-0.3, -0.25) is 0 Å². The Labute approximate surface area is 127 Å². The molecule has 0 saturated heterocycles.